The Labute approximate surface area is 107 Å². The van der Waals surface area contributed by atoms with Gasteiger partial charge in [0.2, 0.25) is 5.89 Å². The van der Waals surface area contributed by atoms with Crippen LogP contribution < -0.4 is 0 Å². The first-order valence-electron chi connectivity index (χ1n) is 6.91. The molecule has 2 fully saturated rings. The number of piperidine rings is 1. The van der Waals surface area contributed by atoms with Crippen molar-refractivity contribution in [3.05, 3.63) is 11.7 Å². The number of aromatic nitrogens is 2. The minimum absolute atomic E-state index is 0.485. The van der Waals surface area contributed by atoms with Crippen molar-refractivity contribution in [2.45, 2.75) is 32.1 Å². The van der Waals surface area contributed by atoms with E-state index in [4.69, 9.17) is 9.26 Å². The van der Waals surface area contributed by atoms with E-state index in [0.29, 0.717) is 11.8 Å². The highest BCUT2D eigenvalue weighted by molar-refractivity contribution is 4.97. The van der Waals surface area contributed by atoms with Gasteiger partial charge in [-0.05, 0) is 38.3 Å². The lowest BCUT2D eigenvalue weighted by Crippen LogP contribution is -2.36. The second-order valence-electron chi connectivity index (χ2n) is 5.48. The van der Waals surface area contributed by atoms with E-state index in [1.807, 2.05) is 6.92 Å². The summed E-state index contributed by atoms with van der Waals surface area (Å²) >= 11 is 0. The highest BCUT2D eigenvalue weighted by Gasteiger charge is 2.26. The molecule has 0 spiro atoms. The van der Waals surface area contributed by atoms with Crippen LogP contribution in [0.25, 0.3) is 0 Å². The summed E-state index contributed by atoms with van der Waals surface area (Å²) in [5.41, 5.74) is 0. The molecule has 3 rings (SSSR count). The molecule has 2 aliphatic heterocycles. The molecular weight excluding hydrogens is 230 g/mol. The Morgan fingerprint density at radius 1 is 1.28 bits per heavy atom. The average Bonchev–Trinajstić information content (AvgIpc) is 3.02. The van der Waals surface area contributed by atoms with Gasteiger partial charge in [0.1, 0.15) is 0 Å². The van der Waals surface area contributed by atoms with Gasteiger partial charge >= 0.3 is 0 Å². The largest absolute Gasteiger partial charge is 0.381 e. The van der Waals surface area contributed by atoms with Gasteiger partial charge in [-0.1, -0.05) is 5.16 Å². The summed E-state index contributed by atoms with van der Waals surface area (Å²) < 4.78 is 10.5. The van der Waals surface area contributed by atoms with E-state index in [9.17, 15) is 0 Å². The number of likely N-dealkylation sites (tertiary alicyclic amines) is 1. The summed E-state index contributed by atoms with van der Waals surface area (Å²) in [6, 6.07) is 0. The molecule has 5 heteroatoms. The number of nitrogens with zero attached hydrogens (tertiary/aromatic N) is 3. The number of ether oxygens (including phenoxy) is 1. The molecule has 0 bridgehead atoms. The topological polar surface area (TPSA) is 51.4 Å². The third kappa shape index (κ3) is 2.72. The van der Waals surface area contributed by atoms with E-state index in [-0.39, 0.29) is 0 Å². The highest BCUT2D eigenvalue weighted by Crippen LogP contribution is 2.27. The zero-order valence-electron chi connectivity index (χ0n) is 11.0. The van der Waals surface area contributed by atoms with Gasteiger partial charge in [-0.3, -0.25) is 0 Å². The van der Waals surface area contributed by atoms with Crippen LogP contribution in [0, 0.1) is 12.8 Å². The van der Waals surface area contributed by atoms with Crippen LogP contribution in [0.4, 0.5) is 0 Å². The van der Waals surface area contributed by atoms with Crippen LogP contribution in [-0.2, 0) is 4.74 Å². The summed E-state index contributed by atoms with van der Waals surface area (Å²) in [6.07, 6.45) is 3.52. The maximum atomic E-state index is 5.43. The van der Waals surface area contributed by atoms with Gasteiger partial charge in [-0.2, -0.15) is 4.98 Å². The third-order valence-corrected chi connectivity index (χ3v) is 4.04. The second kappa shape index (κ2) is 5.36. The molecule has 5 nitrogen and oxygen atoms in total. The normalized spacial score (nSPS) is 26.8. The standard InChI is InChI=1S/C13H21N3O2/c1-10-14-13(15-18-10)12-2-5-16(6-3-12)8-11-4-7-17-9-11/h11-12H,2-9H2,1H3/t11-/m0/s1. The Balaban J connectivity index is 1.48. The quantitative estimate of drug-likeness (QED) is 0.816. The molecule has 0 aliphatic carbocycles. The number of rotatable bonds is 3. The average molecular weight is 251 g/mol. The number of hydrogen-bond donors (Lipinski definition) is 0. The number of aryl methyl sites for hydroxylation is 1. The Bertz CT molecular complexity index is 379. The van der Waals surface area contributed by atoms with E-state index in [0.717, 1.165) is 50.9 Å². The van der Waals surface area contributed by atoms with Crippen molar-refractivity contribution in [2.24, 2.45) is 5.92 Å². The summed E-state index contributed by atoms with van der Waals surface area (Å²) in [7, 11) is 0. The zero-order valence-corrected chi connectivity index (χ0v) is 11.0. The fraction of sp³-hybridized carbons (Fsp3) is 0.846. The molecular formula is C13H21N3O2. The molecule has 2 saturated heterocycles. The van der Waals surface area contributed by atoms with Crippen LogP contribution in [0.2, 0.25) is 0 Å². The second-order valence-corrected chi connectivity index (χ2v) is 5.48. The molecule has 0 aromatic carbocycles. The van der Waals surface area contributed by atoms with Crippen molar-refractivity contribution in [1.82, 2.24) is 15.0 Å². The van der Waals surface area contributed by atoms with E-state index >= 15 is 0 Å². The summed E-state index contributed by atoms with van der Waals surface area (Å²) in [6.45, 7) is 7.24. The molecule has 0 unspecified atom stereocenters. The van der Waals surface area contributed by atoms with Crippen molar-refractivity contribution in [1.29, 1.82) is 0 Å². The molecule has 2 aliphatic rings. The van der Waals surface area contributed by atoms with E-state index in [2.05, 4.69) is 15.0 Å². The van der Waals surface area contributed by atoms with Crippen molar-refractivity contribution in [3.8, 4) is 0 Å². The Morgan fingerprint density at radius 3 is 2.72 bits per heavy atom. The van der Waals surface area contributed by atoms with Crippen molar-refractivity contribution >= 4 is 0 Å². The van der Waals surface area contributed by atoms with Gasteiger partial charge in [-0.15, -0.1) is 0 Å². The smallest absolute Gasteiger partial charge is 0.223 e. The molecule has 100 valence electrons. The van der Waals surface area contributed by atoms with Crippen molar-refractivity contribution in [2.75, 3.05) is 32.8 Å². The predicted molar refractivity (Wildman–Crippen MR) is 66.4 cm³/mol. The molecule has 18 heavy (non-hydrogen) atoms. The first kappa shape index (κ1) is 12.1. The van der Waals surface area contributed by atoms with Crippen LogP contribution in [0.3, 0.4) is 0 Å². The van der Waals surface area contributed by atoms with E-state index in [1.165, 1.54) is 13.0 Å². The summed E-state index contributed by atoms with van der Waals surface area (Å²) in [4.78, 5) is 6.90. The van der Waals surface area contributed by atoms with Gasteiger partial charge in [-0.25, -0.2) is 0 Å². The highest BCUT2D eigenvalue weighted by atomic mass is 16.5. The molecule has 0 saturated carbocycles. The lowest BCUT2D eigenvalue weighted by Gasteiger charge is -2.31. The van der Waals surface area contributed by atoms with Crippen molar-refractivity contribution in [3.63, 3.8) is 0 Å². The first-order valence-corrected chi connectivity index (χ1v) is 6.91. The summed E-state index contributed by atoms with van der Waals surface area (Å²) in [5.74, 6) is 2.80. The van der Waals surface area contributed by atoms with Gasteiger partial charge in [0.05, 0.1) is 6.61 Å². The SMILES string of the molecule is Cc1nc(C2CCN(C[C@@H]3CCOC3)CC2)no1. The maximum absolute atomic E-state index is 5.43. The van der Waals surface area contributed by atoms with Gasteiger partial charge in [0.15, 0.2) is 5.82 Å². The van der Waals surface area contributed by atoms with Gasteiger partial charge in [0.25, 0.3) is 0 Å². The Kier molecular flexibility index (Phi) is 3.61. The van der Waals surface area contributed by atoms with Crippen LogP contribution in [-0.4, -0.2) is 47.9 Å². The predicted octanol–water partition coefficient (Wildman–Crippen LogP) is 1.59. The minimum Gasteiger partial charge on any atom is -0.381 e. The first-order chi connectivity index (χ1) is 8.81. The molecule has 0 radical (unpaired) electrons. The fourth-order valence-electron chi connectivity index (χ4n) is 2.95. The zero-order chi connectivity index (χ0) is 12.4. The van der Waals surface area contributed by atoms with E-state index < -0.39 is 0 Å². The van der Waals surface area contributed by atoms with Crippen LogP contribution in [0.15, 0.2) is 4.52 Å². The fourth-order valence-corrected chi connectivity index (χ4v) is 2.95. The van der Waals surface area contributed by atoms with Crippen LogP contribution in [0.1, 0.15) is 36.9 Å². The molecule has 3 heterocycles. The minimum atomic E-state index is 0.485. The third-order valence-electron chi connectivity index (χ3n) is 4.04. The van der Waals surface area contributed by atoms with Gasteiger partial charge < -0.3 is 14.2 Å². The van der Waals surface area contributed by atoms with E-state index in [1.54, 1.807) is 0 Å². The van der Waals surface area contributed by atoms with Crippen LogP contribution >= 0.6 is 0 Å². The van der Waals surface area contributed by atoms with Crippen LogP contribution in [0.5, 0.6) is 0 Å². The molecule has 1 atom stereocenters. The molecule has 1 aromatic rings. The molecule has 0 amide bonds. The molecule has 1 aromatic heterocycles. The van der Waals surface area contributed by atoms with Crippen molar-refractivity contribution < 1.29 is 9.26 Å². The number of hydrogen-bond acceptors (Lipinski definition) is 5. The summed E-state index contributed by atoms with van der Waals surface area (Å²) in [5, 5.41) is 4.04. The lowest BCUT2D eigenvalue weighted by atomic mass is 9.95. The maximum Gasteiger partial charge on any atom is 0.223 e. The Hall–Kier alpha value is -0.940. The monoisotopic (exact) mass is 251 g/mol. The van der Waals surface area contributed by atoms with Gasteiger partial charge in [0, 0.05) is 26.0 Å². The molecule has 0 N–H and O–H groups in total. The lowest BCUT2D eigenvalue weighted by molar-refractivity contribution is 0.151. The Morgan fingerprint density at radius 2 is 2.11 bits per heavy atom.